The number of rotatable bonds is 1. The second-order valence-corrected chi connectivity index (χ2v) is 4.72. The minimum Gasteiger partial charge on any atom is -0.508 e. The minimum absolute atomic E-state index is 0.404. The van der Waals surface area contributed by atoms with Crippen molar-refractivity contribution in [3.05, 3.63) is 41.1 Å². The van der Waals surface area contributed by atoms with Crippen molar-refractivity contribution in [1.29, 1.82) is 5.26 Å². The van der Waals surface area contributed by atoms with Crippen LogP contribution < -0.4 is 0 Å². The van der Waals surface area contributed by atoms with Gasteiger partial charge < -0.3 is 9.67 Å². The van der Waals surface area contributed by atoms with E-state index in [0.717, 1.165) is 36.1 Å². The summed E-state index contributed by atoms with van der Waals surface area (Å²) in [5, 5.41) is 18.9. The van der Waals surface area contributed by atoms with E-state index < -0.39 is 0 Å². The van der Waals surface area contributed by atoms with Crippen molar-refractivity contribution in [2.24, 2.45) is 7.05 Å². The maximum Gasteiger partial charge on any atom is 0.120 e. The van der Waals surface area contributed by atoms with Gasteiger partial charge in [-0.05, 0) is 54.7 Å². The molecule has 18 heavy (non-hydrogen) atoms. The number of hydrogen-bond donors (Lipinski definition) is 1. The third-order valence-electron chi connectivity index (χ3n) is 3.77. The van der Waals surface area contributed by atoms with Crippen molar-refractivity contribution < 1.29 is 5.11 Å². The molecule has 3 nitrogen and oxygen atoms in total. The van der Waals surface area contributed by atoms with Crippen LogP contribution in [0.3, 0.4) is 0 Å². The Morgan fingerprint density at radius 2 is 1.94 bits per heavy atom. The van der Waals surface area contributed by atoms with E-state index in [2.05, 4.69) is 6.07 Å². The van der Waals surface area contributed by atoms with E-state index in [1.54, 1.807) is 6.07 Å². The number of hydrogen-bond acceptors (Lipinski definition) is 2. The first kappa shape index (κ1) is 10.9. The number of aromatic hydroxyl groups is 1. The zero-order chi connectivity index (χ0) is 12.7. The number of phenolic OH excluding ortho intramolecular Hbond substituents is 1. The molecule has 1 N–H and O–H groups in total. The summed E-state index contributed by atoms with van der Waals surface area (Å²) in [6, 6.07) is 9.71. The van der Waals surface area contributed by atoms with Crippen LogP contribution in [0.4, 0.5) is 0 Å². The molecule has 1 heterocycles. The van der Waals surface area contributed by atoms with Crippen LogP contribution in [0.2, 0.25) is 0 Å². The van der Waals surface area contributed by atoms with Gasteiger partial charge in [0.25, 0.3) is 0 Å². The summed E-state index contributed by atoms with van der Waals surface area (Å²) in [5.41, 5.74) is 5.16. The lowest BCUT2D eigenvalue weighted by molar-refractivity contribution is 0.469. The Balaban J connectivity index is 2.22. The third-order valence-corrected chi connectivity index (χ3v) is 3.77. The molecule has 0 bridgehead atoms. The molecule has 1 aromatic heterocycles. The molecule has 0 saturated carbocycles. The van der Waals surface area contributed by atoms with E-state index in [1.807, 2.05) is 29.8 Å². The standard InChI is InChI=1S/C15H14N2O/c1-17-10(9-16)5-7-14(17)12-6-8-15(18)13-4-2-3-11(12)13/h5-8,18H,2-4H2,1H3. The van der Waals surface area contributed by atoms with Gasteiger partial charge in [0, 0.05) is 18.3 Å². The van der Waals surface area contributed by atoms with E-state index >= 15 is 0 Å². The Hall–Kier alpha value is -2.21. The molecule has 3 rings (SSSR count). The first-order chi connectivity index (χ1) is 8.72. The second-order valence-electron chi connectivity index (χ2n) is 4.72. The van der Waals surface area contributed by atoms with Crippen LogP contribution in [-0.2, 0) is 19.9 Å². The van der Waals surface area contributed by atoms with Gasteiger partial charge in [0.05, 0.1) is 0 Å². The minimum atomic E-state index is 0.404. The zero-order valence-electron chi connectivity index (χ0n) is 10.3. The molecule has 0 unspecified atom stereocenters. The van der Waals surface area contributed by atoms with Crippen molar-refractivity contribution in [3.8, 4) is 23.1 Å². The zero-order valence-corrected chi connectivity index (χ0v) is 10.3. The van der Waals surface area contributed by atoms with Crippen molar-refractivity contribution in [1.82, 2.24) is 4.57 Å². The van der Waals surface area contributed by atoms with Gasteiger partial charge >= 0.3 is 0 Å². The average Bonchev–Trinajstić information content (AvgIpc) is 2.97. The van der Waals surface area contributed by atoms with Crippen molar-refractivity contribution in [2.75, 3.05) is 0 Å². The smallest absolute Gasteiger partial charge is 0.120 e. The largest absolute Gasteiger partial charge is 0.508 e. The monoisotopic (exact) mass is 238 g/mol. The molecule has 0 atom stereocenters. The fourth-order valence-corrected chi connectivity index (χ4v) is 2.82. The molecule has 0 radical (unpaired) electrons. The normalized spacial score (nSPS) is 13.3. The predicted molar refractivity (Wildman–Crippen MR) is 69.3 cm³/mol. The van der Waals surface area contributed by atoms with E-state index in [4.69, 9.17) is 5.26 Å². The van der Waals surface area contributed by atoms with Crippen molar-refractivity contribution >= 4 is 0 Å². The molecule has 1 aliphatic carbocycles. The van der Waals surface area contributed by atoms with Gasteiger partial charge in [-0.25, -0.2) is 0 Å². The topological polar surface area (TPSA) is 49.0 Å². The molecule has 0 fully saturated rings. The van der Waals surface area contributed by atoms with Crippen LogP contribution in [0.15, 0.2) is 24.3 Å². The number of nitriles is 1. The fraction of sp³-hybridized carbons (Fsp3) is 0.267. The second kappa shape index (κ2) is 3.92. The number of benzene rings is 1. The maximum absolute atomic E-state index is 9.86. The van der Waals surface area contributed by atoms with Gasteiger partial charge in [-0.2, -0.15) is 5.26 Å². The molecule has 0 amide bonds. The van der Waals surface area contributed by atoms with Crippen LogP contribution in [0, 0.1) is 11.3 Å². The SMILES string of the molecule is Cn1c(C#N)ccc1-c1ccc(O)c2c1CCC2. The van der Waals surface area contributed by atoms with Crippen molar-refractivity contribution in [3.63, 3.8) is 0 Å². The predicted octanol–water partition coefficient (Wildman–Crippen LogP) is 2.76. The number of fused-ring (bicyclic) bond motifs is 1. The highest BCUT2D eigenvalue weighted by Gasteiger charge is 2.20. The quantitative estimate of drug-likeness (QED) is 0.830. The molecule has 0 aliphatic heterocycles. The fourth-order valence-electron chi connectivity index (χ4n) is 2.82. The van der Waals surface area contributed by atoms with E-state index in [0.29, 0.717) is 11.4 Å². The third kappa shape index (κ3) is 1.42. The maximum atomic E-state index is 9.86. The van der Waals surface area contributed by atoms with Crippen LogP contribution in [0.5, 0.6) is 5.75 Å². The number of aromatic nitrogens is 1. The van der Waals surface area contributed by atoms with Gasteiger partial charge in [-0.3, -0.25) is 0 Å². The first-order valence-corrected chi connectivity index (χ1v) is 6.12. The lowest BCUT2D eigenvalue weighted by atomic mass is 10.00. The van der Waals surface area contributed by atoms with Crippen LogP contribution in [0.25, 0.3) is 11.3 Å². The highest BCUT2D eigenvalue weighted by atomic mass is 16.3. The Morgan fingerprint density at radius 3 is 2.67 bits per heavy atom. The number of phenols is 1. The van der Waals surface area contributed by atoms with Gasteiger partial charge in [0.1, 0.15) is 17.5 Å². The Labute approximate surface area is 106 Å². The summed E-state index contributed by atoms with van der Waals surface area (Å²) < 4.78 is 1.91. The van der Waals surface area contributed by atoms with Crippen molar-refractivity contribution in [2.45, 2.75) is 19.3 Å². The van der Waals surface area contributed by atoms with E-state index in [-0.39, 0.29) is 0 Å². The Bertz CT molecular complexity index is 662. The molecular weight excluding hydrogens is 224 g/mol. The summed E-state index contributed by atoms with van der Waals surface area (Å²) in [4.78, 5) is 0. The Morgan fingerprint density at radius 1 is 1.17 bits per heavy atom. The summed E-state index contributed by atoms with van der Waals surface area (Å²) in [6.07, 6.45) is 3.05. The van der Waals surface area contributed by atoms with Gasteiger partial charge in [0.15, 0.2) is 0 Å². The lowest BCUT2D eigenvalue weighted by Gasteiger charge is -2.11. The molecule has 3 heteroatoms. The van der Waals surface area contributed by atoms with Gasteiger partial charge in [0.2, 0.25) is 0 Å². The van der Waals surface area contributed by atoms with Crippen LogP contribution in [0.1, 0.15) is 23.2 Å². The summed E-state index contributed by atoms with van der Waals surface area (Å²) >= 11 is 0. The van der Waals surface area contributed by atoms with Crippen LogP contribution in [-0.4, -0.2) is 9.67 Å². The lowest BCUT2D eigenvalue weighted by Crippen LogP contribution is -1.97. The summed E-state index contributed by atoms with van der Waals surface area (Å²) in [5.74, 6) is 0.404. The Kier molecular flexibility index (Phi) is 2.38. The molecule has 1 aromatic carbocycles. The molecule has 0 spiro atoms. The molecular formula is C15H14N2O. The molecule has 90 valence electrons. The van der Waals surface area contributed by atoms with E-state index in [9.17, 15) is 5.11 Å². The van der Waals surface area contributed by atoms with E-state index in [1.165, 1.54) is 5.56 Å². The molecule has 1 aliphatic rings. The highest BCUT2D eigenvalue weighted by molar-refractivity contribution is 5.70. The molecule has 2 aromatic rings. The van der Waals surface area contributed by atoms with Gasteiger partial charge in [-0.15, -0.1) is 0 Å². The first-order valence-electron chi connectivity index (χ1n) is 6.12. The van der Waals surface area contributed by atoms with Gasteiger partial charge in [-0.1, -0.05) is 0 Å². The average molecular weight is 238 g/mol. The summed E-state index contributed by atoms with van der Waals surface area (Å²) in [6.45, 7) is 0. The summed E-state index contributed by atoms with van der Waals surface area (Å²) in [7, 11) is 1.90. The number of nitrogens with zero attached hydrogens (tertiary/aromatic N) is 2. The molecule has 0 saturated heterocycles. The highest BCUT2D eigenvalue weighted by Crippen LogP contribution is 2.37. The van der Waals surface area contributed by atoms with Crippen LogP contribution >= 0.6 is 0 Å².